The fourth-order valence-electron chi connectivity index (χ4n) is 2.60. The van der Waals surface area contributed by atoms with Gasteiger partial charge in [0.1, 0.15) is 0 Å². The summed E-state index contributed by atoms with van der Waals surface area (Å²) in [6.07, 6.45) is 3.82. The Morgan fingerprint density at radius 1 is 1.29 bits per heavy atom. The summed E-state index contributed by atoms with van der Waals surface area (Å²) in [6, 6.07) is 10.1. The van der Waals surface area contributed by atoms with E-state index in [-0.39, 0.29) is 27.6 Å². The molecule has 0 fully saturated rings. The summed E-state index contributed by atoms with van der Waals surface area (Å²) in [5.74, 6) is 0.197. The number of rotatable bonds is 1. The zero-order valence-electron chi connectivity index (χ0n) is 11.0. The van der Waals surface area contributed by atoms with Gasteiger partial charge in [-0.2, -0.15) is 0 Å². The van der Waals surface area contributed by atoms with Crippen molar-refractivity contribution in [3.63, 3.8) is 0 Å². The third-order valence-electron chi connectivity index (χ3n) is 3.63. The number of ketones is 1. The maximum absolute atomic E-state index is 12.2. The molecule has 2 aromatic heterocycles. The molecule has 4 rings (SSSR count). The Morgan fingerprint density at radius 2 is 2.05 bits per heavy atom. The van der Waals surface area contributed by atoms with Gasteiger partial charge in [-0.1, -0.05) is 57.6 Å². The Morgan fingerprint density at radius 3 is 2.81 bits per heavy atom. The number of carbonyl (C=O) groups excluding carboxylic acids is 1. The number of hydrogen-bond donors (Lipinski definition) is 0. The van der Waals surface area contributed by atoms with Crippen molar-refractivity contribution >= 4 is 55.0 Å². The molecular weight excluding hydrogens is 416 g/mol. The van der Waals surface area contributed by atoms with E-state index in [1.54, 1.807) is 0 Å². The van der Waals surface area contributed by atoms with Gasteiger partial charge in [-0.3, -0.25) is 9.20 Å². The minimum Gasteiger partial charge on any atom is -0.293 e. The fourth-order valence-corrected chi connectivity index (χ4v) is 4.36. The number of imidazole rings is 1. The third kappa shape index (κ3) is 2.39. The molecule has 3 nitrogen and oxygen atoms in total. The molecule has 0 N–H and O–H groups in total. The van der Waals surface area contributed by atoms with Crippen LogP contribution in [0, 0.1) is 0 Å². The van der Waals surface area contributed by atoms with Crippen LogP contribution in [0.15, 0.2) is 36.5 Å². The molecule has 0 radical (unpaired) electrons. The molecule has 1 aromatic carbocycles. The SMILES string of the molecule is Br.O=C1c2sc3nc(-c4ccccc4)cn3c2CCC1Br. The summed E-state index contributed by atoms with van der Waals surface area (Å²) in [7, 11) is 0. The predicted octanol–water partition coefficient (Wildman–Crippen LogP) is 4.53. The van der Waals surface area contributed by atoms with Gasteiger partial charge in [-0.25, -0.2) is 4.98 Å². The van der Waals surface area contributed by atoms with E-state index in [0.29, 0.717) is 0 Å². The number of fused-ring (bicyclic) bond motifs is 3. The van der Waals surface area contributed by atoms with Crippen molar-refractivity contribution in [1.29, 1.82) is 0 Å². The maximum Gasteiger partial charge on any atom is 0.195 e. The van der Waals surface area contributed by atoms with Gasteiger partial charge in [-0.15, -0.1) is 17.0 Å². The first-order valence-electron chi connectivity index (χ1n) is 6.48. The molecule has 3 aromatic rings. The van der Waals surface area contributed by atoms with Crippen LogP contribution in [0.2, 0.25) is 0 Å². The van der Waals surface area contributed by atoms with Crippen LogP contribution in [0.25, 0.3) is 16.2 Å². The van der Waals surface area contributed by atoms with Gasteiger partial charge < -0.3 is 0 Å². The molecule has 0 bridgehead atoms. The Bertz CT molecular complexity index is 810. The highest BCUT2D eigenvalue weighted by Gasteiger charge is 2.29. The number of benzene rings is 1. The average Bonchev–Trinajstić information content (AvgIpc) is 3.02. The van der Waals surface area contributed by atoms with Crippen LogP contribution in [0.3, 0.4) is 0 Å². The van der Waals surface area contributed by atoms with Gasteiger partial charge in [0.05, 0.1) is 15.4 Å². The normalized spacial score (nSPS) is 17.6. The second kappa shape index (κ2) is 5.66. The molecule has 2 heterocycles. The molecule has 0 amide bonds. The van der Waals surface area contributed by atoms with E-state index in [0.717, 1.165) is 39.6 Å². The average molecular weight is 428 g/mol. The summed E-state index contributed by atoms with van der Waals surface area (Å²) in [5, 5.41) is 0. The Labute approximate surface area is 144 Å². The number of Topliss-reactive ketones (excluding diaryl/α,β-unsaturated/α-hetero) is 1. The number of alkyl halides is 1. The van der Waals surface area contributed by atoms with Gasteiger partial charge in [0.2, 0.25) is 0 Å². The molecule has 0 spiro atoms. The Kier molecular flexibility index (Phi) is 4.03. The molecule has 1 unspecified atom stereocenters. The lowest BCUT2D eigenvalue weighted by Gasteiger charge is -2.14. The van der Waals surface area contributed by atoms with Crippen LogP contribution >= 0.6 is 44.2 Å². The summed E-state index contributed by atoms with van der Waals surface area (Å²) in [5.41, 5.74) is 3.19. The highest BCUT2D eigenvalue weighted by atomic mass is 79.9. The fraction of sp³-hybridized carbons (Fsp3) is 0.200. The predicted molar refractivity (Wildman–Crippen MR) is 94.2 cm³/mol. The van der Waals surface area contributed by atoms with Gasteiger partial charge in [0.15, 0.2) is 10.7 Å². The minimum absolute atomic E-state index is 0. The molecule has 1 aliphatic rings. The summed E-state index contributed by atoms with van der Waals surface area (Å²) in [6.45, 7) is 0. The Hall–Kier alpha value is -0.980. The van der Waals surface area contributed by atoms with Crippen LogP contribution in [0.4, 0.5) is 0 Å². The number of hydrogen-bond acceptors (Lipinski definition) is 3. The summed E-state index contributed by atoms with van der Waals surface area (Å²) < 4.78 is 2.08. The number of thiazole rings is 1. The van der Waals surface area contributed by atoms with Crippen LogP contribution in [0.1, 0.15) is 21.8 Å². The Balaban J connectivity index is 0.00000132. The van der Waals surface area contributed by atoms with E-state index in [9.17, 15) is 4.79 Å². The van der Waals surface area contributed by atoms with Gasteiger partial charge in [0.25, 0.3) is 0 Å². The first-order valence-corrected chi connectivity index (χ1v) is 8.22. The summed E-state index contributed by atoms with van der Waals surface area (Å²) >= 11 is 4.95. The van der Waals surface area contributed by atoms with E-state index in [4.69, 9.17) is 0 Å². The minimum atomic E-state index is -0.0352. The van der Waals surface area contributed by atoms with Crippen LogP contribution in [-0.2, 0) is 6.42 Å². The van der Waals surface area contributed by atoms with Crippen molar-refractivity contribution < 1.29 is 4.79 Å². The third-order valence-corrected chi connectivity index (χ3v) is 5.62. The lowest BCUT2D eigenvalue weighted by Crippen LogP contribution is -2.21. The maximum atomic E-state index is 12.2. The van der Waals surface area contributed by atoms with Crippen molar-refractivity contribution in [3.8, 4) is 11.3 Å². The van der Waals surface area contributed by atoms with Crippen molar-refractivity contribution in [1.82, 2.24) is 9.38 Å². The number of aryl methyl sites for hydroxylation is 1. The molecule has 0 saturated carbocycles. The molecule has 21 heavy (non-hydrogen) atoms. The standard InChI is InChI=1S/C15H11BrN2OS.BrH/c16-10-6-7-12-14(13(10)19)20-15-17-11(8-18(12)15)9-4-2-1-3-5-9;/h1-5,8,10H,6-7H2;1H. The van der Waals surface area contributed by atoms with E-state index in [2.05, 4.69) is 37.4 Å². The number of halogens is 2. The molecular formula is C15H12Br2N2OS. The summed E-state index contributed by atoms with van der Waals surface area (Å²) in [4.78, 5) is 18.6. The smallest absolute Gasteiger partial charge is 0.195 e. The quantitative estimate of drug-likeness (QED) is 0.534. The van der Waals surface area contributed by atoms with Crippen LogP contribution in [0.5, 0.6) is 0 Å². The second-order valence-corrected chi connectivity index (χ2v) is 6.98. The largest absolute Gasteiger partial charge is 0.293 e. The molecule has 0 saturated heterocycles. The van der Waals surface area contributed by atoms with Gasteiger partial charge in [0, 0.05) is 17.5 Å². The molecule has 108 valence electrons. The number of carbonyl (C=O) groups is 1. The van der Waals surface area contributed by atoms with Gasteiger partial charge in [-0.05, 0) is 12.8 Å². The highest BCUT2D eigenvalue weighted by Crippen LogP contribution is 2.34. The van der Waals surface area contributed by atoms with E-state index in [1.165, 1.54) is 11.3 Å². The molecule has 6 heteroatoms. The van der Waals surface area contributed by atoms with Crippen LogP contribution < -0.4 is 0 Å². The zero-order valence-corrected chi connectivity index (χ0v) is 15.1. The van der Waals surface area contributed by atoms with Crippen molar-refractivity contribution in [3.05, 3.63) is 47.1 Å². The highest BCUT2D eigenvalue weighted by molar-refractivity contribution is 9.10. The van der Waals surface area contributed by atoms with Crippen LogP contribution in [-0.4, -0.2) is 20.0 Å². The topological polar surface area (TPSA) is 34.4 Å². The monoisotopic (exact) mass is 426 g/mol. The van der Waals surface area contributed by atoms with E-state index in [1.807, 2.05) is 24.4 Å². The first-order chi connectivity index (χ1) is 9.74. The lowest BCUT2D eigenvalue weighted by molar-refractivity contribution is 0.0985. The molecule has 1 aliphatic carbocycles. The second-order valence-electron chi connectivity index (χ2n) is 4.89. The zero-order chi connectivity index (χ0) is 13.7. The van der Waals surface area contributed by atoms with Crippen molar-refractivity contribution in [2.75, 3.05) is 0 Å². The van der Waals surface area contributed by atoms with Crippen molar-refractivity contribution in [2.24, 2.45) is 0 Å². The van der Waals surface area contributed by atoms with E-state index < -0.39 is 0 Å². The first kappa shape index (κ1) is 14.9. The van der Waals surface area contributed by atoms with Gasteiger partial charge >= 0.3 is 0 Å². The van der Waals surface area contributed by atoms with E-state index >= 15 is 0 Å². The number of nitrogens with zero attached hydrogens (tertiary/aromatic N) is 2. The lowest BCUT2D eigenvalue weighted by atomic mass is 10.0. The number of aromatic nitrogens is 2. The van der Waals surface area contributed by atoms with Crippen molar-refractivity contribution in [2.45, 2.75) is 17.7 Å². The molecule has 0 aliphatic heterocycles. The molecule has 1 atom stereocenters.